The lowest BCUT2D eigenvalue weighted by molar-refractivity contribution is -0.139. The number of aliphatic imine (C=N–C) groups is 1. The Hall–Kier alpha value is -1.45. The van der Waals surface area contributed by atoms with Crippen LogP contribution in [0.1, 0.15) is 20.3 Å². The van der Waals surface area contributed by atoms with E-state index < -0.39 is 5.54 Å². The average Bonchev–Trinajstić information content (AvgIpc) is 2.81. The van der Waals surface area contributed by atoms with Crippen molar-refractivity contribution in [2.45, 2.75) is 25.8 Å². The van der Waals surface area contributed by atoms with Crippen LogP contribution in [0.3, 0.4) is 0 Å². The van der Waals surface area contributed by atoms with Gasteiger partial charge in [0.1, 0.15) is 18.1 Å². The van der Waals surface area contributed by atoms with E-state index in [0.717, 1.165) is 6.42 Å². The van der Waals surface area contributed by atoms with E-state index in [1.165, 1.54) is 0 Å². The van der Waals surface area contributed by atoms with Gasteiger partial charge in [-0.15, -0.1) is 0 Å². The summed E-state index contributed by atoms with van der Waals surface area (Å²) in [5.74, 6) is 0.176. The number of esters is 1. The molecule has 1 aliphatic heterocycles. The molecule has 0 amide bonds. The average molecular weight is 233 g/mol. The molecule has 2 bridgehead atoms. The summed E-state index contributed by atoms with van der Waals surface area (Å²) in [6.07, 6.45) is 4.83. The van der Waals surface area contributed by atoms with Gasteiger partial charge in [-0.2, -0.15) is 0 Å². The molecule has 90 valence electrons. The van der Waals surface area contributed by atoms with Gasteiger partial charge in [0.05, 0.1) is 5.54 Å². The van der Waals surface area contributed by atoms with Gasteiger partial charge in [-0.05, 0) is 20.3 Å². The van der Waals surface area contributed by atoms with Crippen LogP contribution in [-0.2, 0) is 14.3 Å². The normalized spacial score (nSPS) is 43.9. The van der Waals surface area contributed by atoms with Crippen LogP contribution in [0.15, 0.2) is 17.1 Å². The number of carbonyl (C=O) groups is 2. The summed E-state index contributed by atoms with van der Waals surface area (Å²) in [4.78, 5) is 27.7. The molecule has 4 nitrogen and oxygen atoms in total. The van der Waals surface area contributed by atoms with Crippen molar-refractivity contribution in [3.63, 3.8) is 0 Å². The minimum Gasteiger partial charge on any atom is -0.459 e. The first-order valence-corrected chi connectivity index (χ1v) is 5.97. The molecule has 3 aliphatic rings. The minimum absolute atomic E-state index is 0.0293. The zero-order valence-corrected chi connectivity index (χ0v) is 9.97. The van der Waals surface area contributed by atoms with Gasteiger partial charge in [-0.3, -0.25) is 9.79 Å². The maximum absolute atomic E-state index is 11.9. The Kier molecular flexibility index (Phi) is 2.06. The topological polar surface area (TPSA) is 55.7 Å². The van der Waals surface area contributed by atoms with Crippen LogP contribution < -0.4 is 0 Å². The number of nitrogens with zero attached hydrogens (tertiary/aromatic N) is 1. The van der Waals surface area contributed by atoms with E-state index >= 15 is 0 Å². The fraction of sp³-hybridized carbons (Fsp3) is 0.615. The predicted molar refractivity (Wildman–Crippen MR) is 61.7 cm³/mol. The summed E-state index contributed by atoms with van der Waals surface area (Å²) < 4.78 is 5.16. The van der Waals surface area contributed by atoms with Gasteiger partial charge < -0.3 is 4.74 Å². The summed E-state index contributed by atoms with van der Waals surface area (Å²) in [5.41, 5.74) is -0.0179. The maximum Gasteiger partial charge on any atom is 0.352 e. The highest BCUT2D eigenvalue weighted by Gasteiger charge is 2.52. The third-order valence-corrected chi connectivity index (χ3v) is 4.20. The highest BCUT2D eigenvalue weighted by Crippen LogP contribution is 2.47. The predicted octanol–water partition coefficient (Wildman–Crippen LogP) is 1.15. The second-order valence-corrected chi connectivity index (χ2v) is 5.39. The summed E-state index contributed by atoms with van der Waals surface area (Å²) in [7, 11) is 0. The Morgan fingerprint density at radius 1 is 1.41 bits per heavy atom. The zero-order chi connectivity index (χ0) is 12.2. The zero-order valence-electron chi connectivity index (χ0n) is 9.97. The lowest BCUT2D eigenvalue weighted by atomic mass is 9.77. The van der Waals surface area contributed by atoms with E-state index in [0.29, 0.717) is 11.5 Å². The SMILES string of the molecule is CC1=NC(C)(C2CC3C=CC2C3=O)COC1=O. The lowest BCUT2D eigenvalue weighted by Crippen LogP contribution is -2.46. The van der Waals surface area contributed by atoms with Gasteiger partial charge in [0.25, 0.3) is 0 Å². The summed E-state index contributed by atoms with van der Waals surface area (Å²) >= 11 is 0. The second-order valence-electron chi connectivity index (χ2n) is 5.39. The number of rotatable bonds is 1. The van der Waals surface area contributed by atoms with Crippen molar-refractivity contribution in [2.24, 2.45) is 22.7 Å². The minimum atomic E-state index is -0.433. The molecule has 2 aliphatic carbocycles. The van der Waals surface area contributed by atoms with E-state index in [1.807, 2.05) is 19.1 Å². The molecule has 0 N–H and O–H groups in total. The molecule has 4 unspecified atom stereocenters. The van der Waals surface area contributed by atoms with Gasteiger partial charge in [0.2, 0.25) is 0 Å². The van der Waals surface area contributed by atoms with E-state index in [1.54, 1.807) is 6.92 Å². The molecule has 1 saturated carbocycles. The Bertz CT molecular complexity index is 465. The number of carbonyl (C=O) groups excluding carboxylic acids is 2. The maximum atomic E-state index is 11.9. The number of ketones is 1. The van der Waals surface area contributed by atoms with Crippen LogP contribution in [0.5, 0.6) is 0 Å². The van der Waals surface area contributed by atoms with Gasteiger partial charge in [0.15, 0.2) is 0 Å². The quantitative estimate of drug-likeness (QED) is 0.504. The molecule has 17 heavy (non-hydrogen) atoms. The molecular formula is C13H15NO3. The monoisotopic (exact) mass is 233 g/mol. The summed E-state index contributed by atoms with van der Waals surface area (Å²) in [5, 5.41) is 0. The Morgan fingerprint density at radius 3 is 2.71 bits per heavy atom. The van der Waals surface area contributed by atoms with Crippen molar-refractivity contribution in [1.82, 2.24) is 0 Å². The highest BCUT2D eigenvalue weighted by atomic mass is 16.5. The third kappa shape index (κ3) is 1.39. The van der Waals surface area contributed by atoms with Crippen molar-refractivity contribution in [3.05, 3.63) is 12.2 Å². The molecule has 0 saturated heterocycles. The Balaban J connectivity index is 1.93. The number of ether oxygens (including phenoxy) is 1. The van der Waals surface area contributed by atoms with Gasteiger partial charge in [0, 0.05) is 17.8 Å². The van der Waals surface area contributed by atoms with Crippen LogP contribution in [0.4, 0.5) is 0 Å². The van der Waals surface area contributed by atoms with Crippen molar-refractivity contribution < 1.29 is 14.3 Å². The molecule has 0 aromatic carbocycles. The van der Waals surface area contributed by atoms with Crippen molar-refractivity contribution in [1.29, 1.82) is 0 Å². The molecule has 3 rings (SSSR count). The molecule has 1 fully saturated rings. The van der Waals surface area contributed by atoms with Crippen LogP contribution in [0.2, 0.25) is 0 Å². The Labute approximate surface area is 99.7 Å². The highest BCUT2D eigenvalue weighted by molar-refractivity contribution is 6.35. The van der Waals surface area contributed by atoms with E-state index in [-0.39, 0.29) is 30.3 Å². The molecule has 0 aromatic rings. The van der Waals surface area contributed by atoms with E-state index in [9.17, 15) is 9.59 Å². The summed E-state index contributed by atoms with van der Waals surface area (Å²) in [6.45, 7) is 3.94. The molecule has 0 aromatic heterocycles. The van der Waals surface area contributed by atoms with E-state index in [4.69, 9.17) is 4.74 Å². The number of allylic oxidation sites excluding steroid dienone is 2. The van der Waals surface area contributed by atoms with Crippen LogP contribution >= 0.6 is 0 Å². The Morgan fingerprint density at radius 2 is 2.18 bits per heavy atom. The summed E-state index contributed by atoms with van der Waals surface area (Å²) in [6, 6.07) is 0. The largest absolute Gasteiger partial charge is 0.459 e. The fourth-order valence-corrected chi connectivity index (χ4v) is 3.25. The molecular weight excluding hydrogens is 218 g/mol. The van der Waals surface area contributed by atoms with Crippen molar-refractivity contribution in [2.75, 3.05) is 6.61 Å². The first-order valence-electron chi connectivity index (χ1n) is 5.97. The standard InChI is InChI=1S/C13H15NO3/c1-7-12(16)17-6-13(2,14-7)10-5-8-3-4-9(10)11(8)15/h3-4,8-10H,5-6H2,1-2H3. The first-order chi connectivity index (χ1) is 8.01. The number of cyclic esters (lactones) is 1. The van der Waals surface area contributed by atoms with Gasteiger partial charge >= 0.3 is 5.97 Å². The number of hydrogen-bond acceptors (Lipinski definition) is 4. The fourth-order valence-electron chi connectivity index (χ4n) is 3.25. The number of hydrogen-bond donors (Lipinski definition) is 0. The second kappa shape index (κ2) is 3.28. The van der Waals surface area contributed by atoms with Gasteiger partial charge in [-0.25, -0.2) is 4.79 Å². The van der Waals surface area contributed by atoms with Crippen LogP contribution in [0.25, 0.3) is 0 Å². The molecule has 1 heterocycles. The van der Waals surface area contributed by atoms with Crippen molar-refractivity contribution >= 4 is 17.5 Å². The molecule has 0 radical (unpaired) electrons. The van der Waals surface area contributed by atoms with Crippen LogP contribution in [-0.4, -0.2) is 29.6 Å². The third-order valence-electron chi connectivity index (χ3n) is 4.20. The smallest absolute Gasteiger partial charge is 0.352 e. The number of Topliss-reactive ketones (excluding diaryl/α,β-unsaturated/α-hetero) is 1. The molecule has 4 heteroatoms. The first kappa shape index (κ1) is 10.7. The molecule has 4 atom stereocenters. The number of fused-ring (bicyclic) bond motifs is 2. The van der Waals surface area contributed by atoms with Crippen molar-refractivity contribution in [3.8, 4) is 0 Å². The lowest BCUT2D eigenvalue weighted by Gasteiger charge is -2.37. The van der Waals surface area contributed by atoms with Gasteiger partial charge in [-0.1, -0.05) is 12.2 Å². The molecule has 0 spiro atoms. The van der Waals surface area contributed by atoms with Crippen LogP contribution in [0, 0.1) is 17.8 Å². The van der Waals surface area contributed by atoms with E-state index in [2.05, 4.69) is 4.99 Å².